The van der Waals surface area contributed by atoms with Crippen molar-refractivity contribution in [2.24, 2.45) is 0 Å². The Morgan fingerprint density at radius 3 is 1.40 bits per heavy atom. The molecule has 0 radical (unpaired) electrons. The zero-order chi connectivity index (χ0) is 17.2. The summed E-state index contributed by atoms with van der Waals surface area (Å²) in [6.07, 6.45) is 18.3. The second kappa shape index (κ2) is 10.3. The van der Waals surface area contributed by atoms with E-state index in [0.29, 0.717) is 0 Å². The van der Waals surface area contributed by atoms with Gasteiger partial charge in [0.05, 0.1) is 0 Å². The Morgan fingerprint density at radius 1 is 0.600 bits per heavy atom. The van der Waals surface area contributed by atoms with E-state index in [1.54, 1.807) is 6.56 Å². The molecule has 0 bridgehead atoms. The Hall–Kier alpha value is -1.72. The Labute approximate surface area is 163 Å². The fraction of sp³-hybridized carbons (Fsp3) is 0.167. The van der Waals surface area contributed by atoms with Gasteiger partial charge in [0, 0.05) is 0 Å². The molecule has 25 heavy (non-hydrogen) atoms. The number of rotatable bonds is 5. The largest absolute Gasteiger partial charge is 0.0622 e. The van der Waals surface area contributed by atoms with Crippen LogP contribution >= 0.6 is 0 Å². The van der Waals surface area contributed by atoms with Gasteiger partial charge in [0.25, 0.3) is 0 Å². The molecule has 0 saturated heterocycles. The smallest absolute Gasteiger partial charge is 0.0238 e. The molecule has 0 fully saturated rings. The molecule has 0 nitrogen and oxygen atoms in total. The Balaban J connectivity index is 0.000000150. The van der Waals surface area contributed by atoms with Crippen LogP contribution in [0.2, 0.25) is 0 Å². The van der Waals surface area contributed by atoms with Crippen molar-refractivity contribution >= 4 is 0 Å². The van der Waals surface area contributed by atoms with Gasteiger partial charge in [-0.2, -0.15) is 0 Å². The van der Waals surface area contributed by atoms with Crippen LogP contribution < -0.4 is 0 Å². The third kappa shape index (κ3) is 6.60. The zero-order valence-corrected chi connectivity index (χ0v) is 17.0. The molecule has 0 atom stereocenters. The van der Waals surface area contributed by atoms with Crippen LogP contribution in [0.3, 0.4) is 0 Å². The molecule has 0 heterocycles. The van der Waals surface area contributed by atoms with Crippen molar-refractivity contribution in [1.82, 2.24) is 0 Å². The van der Waals surface area contributed by atoms with E-state index in [0.717, 1.165) is 12.8 Å². The van der Waals surface area contributed by atoms with Crippen LogP contribution in [0.15, 0.2) is 104 Å². The molecule has 2 aromatic carbocycles. The maximum Gasteiger partial charge on any atom is -0.0238 e. The van der Waals surface area contributed by atoms with Crippen LogP contribution in [0.1, 0.15) is 24.0 Å². The van der Waals surface area contributed by atoms with E-state index in [1.807, 2.05) is 0 Å². The summed E-state index contributed by atoms with van der Waals surface area (Å²) in [7, 11) is 0. The maximum absolute atomic E-state index is 2.31. The quantitative estimate of drug-likeness (QED) is 0.555. The van der Waals surface area contributed by atoms with Crippen LogP contribution in [-0.4, -0.2) is 0 Å². The Kier molecular flexibility index (Phi) is 7.46. The van der Waals surface area contributed by atoms with Crippen LogP contribution in [0.5, 0.6) is 0 Å². The molecule has 0 N–H and O–H groups in total. The molecular weight excluding hydrogens is 379 g/mol. The molecule has 2 aromatic rings. The van der Waals surface area contributed by atoms with Gasteiger partial charge >= 0.3 is 79.1 Å². The molecule has 0 unspecified atom stereocenters. The van der Waals surface area contributed by atoms with Gasteiger partial charge in [-0.15, -0.1) is 0 Å². The normalized spacial score (nSPS) is 14.6. The first kappa shape index (κ1) is 18.1. The van der Waals surface area contributed by atoms with Crippen molar-refractivity contribution in [3.05, 3.63) is 115 Å². The van der Waals surface area contributed by atoms with E-state index in [-0.39, 0.29) is 23.2 Å². The Bertz CT molecular complexity index is 697. The second-order valence-corrected chi connectivity index (χ2v) is 10.0. The molecular formula is C24H24Zr. The van der Waals surface area contributed by atoms with E-state index in [2.05, 4.69) is 97.1 Å². The van der Waals surface area contributed by atoms with Gasteiger partial charge in [-0.1, -0.05) is 60.7 Å². The van der Waals surface area contributed by atoms with Gasteiger partial charge in [0.15, 0.2) is 0 Å². The topological polar surface area (TPSA) is 0 Å². The third-order valence-corrected chi connectivity index (χ3v) is 7.65. The summed E-state index contributed by atoms with van der Waals surface area (Å²) >= 11 is -0.312. The number of aryl methyl sites for hydroxylation is 2. The van der Waals surface area contributed by atoms with Crippen molar-refractivity contribution in [2.75, 3.05) is 0 Å². The van der Waals surface area contributed by atoms with Gasteiger partial charge in [-0.25, -0.2) is 0 Å². The van der Waals surface area contributed by atoms with E-state index >= 15 is 0 Å². The fourth-order valence-electron chi connectivity index (χ4n) is 2.86. The fourth-order valence-corrected chi connectivity index (χ4v) is 5.84. The Morgan fingerprint density at radius 2 is 1.04 bits per heavy atom. The summed E-state index contributed by atoms with van der Waals surface area (Å²) in [5.41, 5.74) is 2.83. The van der Waals surface area contributed by atoms with Crippen LogP contribution in [0.4, 0.5) is 0 Å². The van der Waals surface area contributed by atoms with Gasteiger partial charge in [0.2, 0.25) is 0 Å². The SMILES string of the molecule is C1=CC[C]([Zr][C]2=CC=CC2)=C1.c1ccc(CCc2ccccc2)cc1. The summed E-state index contributed by atoms with van der Waals surface area (Å²) < 4.78 is 3.45. The molecule has 124 valence electrons. The van der Waals surface area contributed by atoms with E-state index in [1.165, 1.54) is 24.0 Å². The number of hydrogen-bond donors (Lipinski definition) is 0. The minimum Gasteiger partial charge on any atom is -0.0622 e. The number of hydrogen-bond acceptors (Lipinski definition) is 0. The average molecular weight is 404 g/mol. The molecule has 4 rings (SSSR count). The van der Waals surface area contributed by atoms with Gasteiger partial charge in [-0.05, 0) is 24.0 Å². The molecule has 0 saturated carbocycles. The molecule has 0 aliphatic heterocycles. The molecule has 2 aliphatic carbocycles. The van der Waals surface area contributed by atoms with E-state index < -0.39 is 0 Å². The van der Waals surface area contributed by atoms with Crippen LogP contribution in [-0.2, 0) is 36.1 Å². The first-order valence-corrected chi connectivity index (χ1v) is 11.4. The predicted octanol–water partition coefficient (Wildman–Crippen LogP) is 6.23. The predicted molar refractivity (Wildman–Crippen MR) is 104 cm³/mol. The number of allylic oxidation sites excluding steroid dienone is 8. The zero-order valence-electron chi connectivity index (χ0n) is 14.6. The van der Waals surface area contributed by atoms with Crippen molar-refractivity contribution in [3.8, 4) is 0 Å². The summed E-state index contributed by atoms with van der Waals surface area (Å²) in [5, 5.41) is 0. The summed E-state index contributed by atoms with van der Waals surface area (Å²) in [6, 6.07) is 21.2. The molecule has 0 spiro atoms. The summed E-state index contributed by atoms with van der Waals surface area (Å²) in [5.74, 6) is 0. The van der Waals surface area contributed by atoms with Gasteiger partial charge in [0.1, 0.15) is 0 Å². The monoisotopic (exact) mass is 402 g/mol. The van der Waals surface area contributed by atoms with Crippen LogP contribution in [0.25, 0.3) is 0 Å². The molecule has 0 aromatic heterocycles. The maximum atomic E-state index is 2.31. The molecule has 0 amide bonds. The van der Waals surface area contributed by atoms with E-state index in [4.69, 9.17) is 0 Å². The first-order chi connectivity index (χ1) is 12.4. The van der Waals surface area contributed by atoms with Crippen molar-refractivity contribution < 1.29 is 23.2 Å². The van der Waals surface area contributed by atoms with Gasteiger partial charge in [-0.3, -0.25) is 0 Å². The van der Waals surface area contributed by atoms with Crippen molar-refractivity contribution in [2.45, 2.75) is 25.7 Å². The van der Waals surface area contributed by atoms with E-state index in [9.17, 15) is 0 Å². The first-order valence-electron chi connectivity index (χ1n) is 8.96. The van der Waals surface area contributed by atoms with Crippen molar-refractivity contribution in [3.63, 3.8) is 0 Å². The minimum atomic E-state index is -0.312. The number of benzene rings is 2. The molecule has 2 aliphatic rings. The van der Waals surface area contributed by atoms with Crippen molar-refractivity contribution in [1.29, 1.82) is 0 Å². The van der Waals surface area contributed by atoms with Crippen LogP contribution in [0, 0.1) is 0 Å². The molecule has 1 heteroatoms. The average Bonchev–Trinajstić information content (AvgIpc) is 3.37. The standard InChI is InChI=1S/C14H14.2C5H5.Zr/c1-3-7-13(8-4-1)11-12-14-9-5-2-6-10-14;2*1-2-4-5-3-1;/h1-10H,11-12H2;2*1-3H,4H2;. The third-order valence-electron chi connectivity index (χ3n) is 4.25. The summed E-state index contributed by atoms with van der Waals surface area (Å²) in [4.78, 5) is 0. The minimum absolute atomic E-state index is 0.312. The summed E-state index contributed by atoms with van der Waals surface area (Å²) in [6.45, 7) is 0. The second-order valence-electron chi connectivity index (χ2n) is 6.24. The van der Waals surface area contributed by atoms with Gasteiger partial charge < -0.3 is 0 Å².